The molecule has 0 aromatic carbocycles. The Kier molecular flexibility index (Phi) is 17.0. The van der Waals surface area contributed by atoms with Crippen molar-refractivity contribution in [3.63, 3.8) is 0 Å². The van der Waals surface area contributed by atoms with Gasteiger partial charge in [0, 0.05) is 6.42 Å². The lowest BCUT2D eigenvalue weighted by molar-refractivity contribution is -0.144. The van der Waals surface area contributed by atoms with Gasteiger partial charge in [-0.15, -0.1) is 0 Å². The Hall–Kier alpha value is 0.340. The third-order valence-electron chi connectivity index (χ3n) is 4.21. The van der Waals surface area contributed by atoms with Crippen LogP contribution in [0, 0.1) is 0 Å². The molecule has 0 aliphatic rings. The largest absolute Gasteiger partial charge is 0.415 e. The number of carbonyl (C=O) groups excluding carboxylic acids is 1. The van der Waals surface area contributed by atoms with Crippen LogP contribution in [-0.4, -0.2) is 9.95 Å². The summed E-state index contributed by atoms with van der Waals surface area (Å²) in [7, 11) is 0. The predicted molar refractivity (Wildman–Crippen MR) is 106 cm³/mol. The highest BCUT2D eigenvalue weighted by atomic mass is 35.6. The number of halogens is 3. The molecule has 144 valence electrons. The molecule has 0 aliphatic heterocycles. The average molecular weight is 402 g/mol. The maximum Gasteiger partial charge on any atom is 0.340 e. The summed E-state index contributed by atoms with van der Waals surface area (Å²) in [6, 6.07) is 0. The number of carbonyl (C=O) groups is 1. The number of ether oxygens (including phenoxy) is 1. The molecule has 0 atom stereocenters. The lowest BCUT2D eigenvalue weighted by Crippen LogP contribution is -2.15. The van der Waals surface area contributed by atoms with E-state index < -0.39 is 9.95 Å². The molecule has 0 aliphatic carbocycles. The van der Waals surface area contributed by atoms with E-state index >= 15 is 0 Å². The number of hydrogen-bond acceptors (Lipinski definition) is 2. The Morgan fingerprint density at radius 2 is 1.00 bits per heavy atom. The predicted octanol–water partition coefficient (Wildman–Crippen LogP) is 8.12. The van der Waals surface area contributed by atoms with E-state index in [0.717, 1.165) is 12.8 Å². The normalized spacial score (nSPS) is 11.7. The Morgan fingerprint density at radius 3 is 1.33 bits per heavy atom. The van der Waals surface area contributed by atoms with Gasteiger partial charge in [-0.25, -0.2) is 0 Å². The van der Waals surface area contributed by atoms with E-state index in [1.807, 2.05) is 0 Å². The van der Waals surface area contributed by atoms with Crippen LogP contribution < -0.4 is 0 Å². The zero-order valence-electron chi connectivity index (χ0n) is 15.3. The first-order valence-corrected chi connectivity index (χ1v) is 10.9. The van der Waals surface area contributed by atoms with Crippen LogP contribution in [0.1, 0.15) is 110 Å². The lowest BCUT2D eigenvalue weighted by Gasteiger charge is -2.11. The highest BCUT2D eigenvalue weighted by Crippen LogP contribution is 2.28. The maximum atomic E-state index is 11.3. The van der Waals surface area contributed by atoms with Crippen molar-refractivity contribution in [1.82, 2.24) is 0 Å². The van der Waals surface area contributed by atoms with Crippen molar-refractivity contribution in [3.8, 4) is 0 Å². The SMILES string of the molecule is CCCCCCCCCCCCCCCCCC(=O)OC(Cl)(Cl)Cl. The van der Waals surface area contributed by atoms with E-state index in [9.17, 15) is 4.79 Å². The van der Waals surface area contributed by atoms with Crippen molar-refractivity contribution in [2.75, 3.05) is 0 Å². The summed E-state index contributed by atoms with van der Waals surface area (Å²) in [5.41, 5.74) is 0. The fourth-order valence-electron chi connectivity index (χ4n) is 2.82. The summed E-state index contributed by atoms with van der Waals surface area (Å²) < 4.78 is 2.69. The van der Waals surface area contributed by atoms with Gasteiger partial charge in [-0.3, -0.25) is 4.79 Å². The molecule has 0 aromatic heterocycles. The van der Waals surface area contributed by atoms with Crippen molar-refractivity contribution in [2.24, 2.45) is 0 Å². The summed E-state index contributed by atoms with van der Waals surface area (Å²) in [5, 5.41) is 0. The molecule has 0 aromatic rings. The van der Waals surface area contributed by atoms with Gasteiger partial charge in [0.25, 0.3) is 0 Å². The number of esters is 1. The van der Waals surface area contributed by atoms with Gasteiger partial charge in [0.05, 0.1) is 0 Å². The first kappa shape index (κ1) is 24.3. The lowest BCUT2D eigenvalue weighted by atomic mass is 10.0. The van der Waals surface area contributed by atoms with Crippen molar-refractivity contribution >= 4 is 40.8 Å². The molecule has 0 amide bonds. The quantitative estimate of drug-likeness (QED) is 0.148. The topological polar surface area (TPSA) is 26.3 Å². The highest BCUT2D eigenvalue weighted by molar-refractivity contribution is 6.66. The van der Waals surface area contributed by atoms with Crippen LogP contribution in [-0.2, 0) is 9.53 Å². The molecule has 0 radical (unpaired) electrons. The van der Waals surface area contributed by atoms with Gasteiger partial charge in [-0.05, 0) is 41.2 Å². The van der Waals surface area contributed by atoms with Crippen LogP contribution in [0.25, 0.3) is 0 Å². The van der Waals surface area contributed by atoms with Crippen molar-refractivity contribution in [2.45, 2.75) is 114 Å². The maximum absolute atomic E-state index is 11.3. The number of unbranched alkanes of at least 4 members (excludes halogenated alkanes) is 14. The molecule has 0 heterocycles. The van der Waals surface area contributed by atoms with Crippen LogP contribution in [0.5, 0.6) is 0 Å². The summed E-state index contributed by atoms with van der Waals surface area (Å²) in [5.74, 6) is -0.440. The van der Waals surface area contributed by atoms with Crippen molar-refractivity contribution in [1.29, 1.82) is 0 Å². The average Bonchev–Trinajstić information content (AvgIpc) is 2.49. The monoisotopic (exact) mass is 400 g/mol. The summed E-state index contributed by atoms with van der Waals surface area (Å²) in [6.07, 6.45) is 19.8. The van der Waals surface area contributed by atoms with Gasteiger partial charge < -0.3 is 4.74 Å². The summed E-state index contributed by atoms with van der Waals surface area (Å²) in [4.78, 5) is 11.3. The molecule has 0 saturated carbocycles. The minimum Gasteiger partial charge on any atom is -0.415 e. The van der Waals surface area contributed by atoms with Gasteiger partial charge >= 0.3 is 9.95 Å². The van der Waals surface area contributed by atoms with Crippen molar-refractivity contribution in [3.05, 3.63) is 0 Å². The second-order valence-corrected chi connectivity index (χ2v) is 8.80. The Labute approximate surface area is 163 Å². The first-order valence-electron chi connectivity index (χ1n) is 9.74. The third-order valence-corrected chi connectivity index (χ3v) is 4.45. The molecular weight excluding hydrogens is 367 g/mol. The first-order chi connectivity index (χ1) is 11.5. The smallest absolute Gasteiger partial charge is 0.340 e. The fourth-order valence-corrected chi connectivity index (χ4v) is 3.08. The number of rotatable bonds is 16. The Bertz CT molecular complexity index is 291. The van der Waals surface area contributed by atoms with Gasteiger partial charge in [-0.1, -0.05) is 96.8 Å². The van der Waals surface area contributed by atoms with Gasteiger partial charge in [0.2, 0.25) is 0 Å². The van der Waals surface area contributed by atoms with Crippen LogP contribution >= 0.6 is 34.8 Å². The van der Waals surface area contributed by atoms with Crippen LogP contribution in [0.4, 0.5) is 0 Å². The molecule has 0 N–H and O–H groups in total. The van der Waals surface area contributed by atoms with Gasteiger partial charge in [0.15, 0.2) is 0 Å². The van der Waals surface area contributed by atoms with E-state index in [1.54, 1.807) is 0 Å². The van der Waals surface area contributed by atoms with E-state index in [4.69, 9.17) is 34.8 Å². The molecule has 0 rings (SSSR count). The van der Waals surface area contributed by atoms with Crippen LogP contribution in [0.3, 0.4) is 0 Å². The molecule has 2 nitrogen and oxygen atoms in total. The Morgan fingerprint density at radius 1 is 0.667 bits per heavy atom. The van der Waals surface area contributed by atoms with E-state index in [0.29, 0.717) is 6.42 Å². The molecule has 0 unspecified atom stereocenters. The van der Waals surface area contributed by atoms with Crippen LogP contribution in [0.2, 0.25) is 0 Å². The molecule has 0 fully saturated rings. The van der Waals surface area contributed by atoms with Crippen LogP contribution in [0.15, 0.2) is 0 Å². The third kappa shape index (κ3) is 20.4. The minimum absolute atomic E-state index is 0.326. The van der Waals surface area contributed by atoms with E-state index in [1.165, 1.54) is 83.5 Å². The molecule has 5 heteroatoms. The second-order valence-electron chi connectivity index (χ2n) is 6.62. The molecule has 0 spiro atoms. The standard InChI is InChI=1S/C19H35Cl3O2/c1-2-3-4-5-6-7-8-9-10-11-12-13-14-15-16-17-18(23)24-19(20,21)22/h2-17H2,1H3. The highest BCUT2D eigenvalue weighted by Gasteiger charge is 2.24. The molecule has 0 bridgehead atoms. The summed E-state index contributed by atoms with van der Waals surface area (Å²) >= 11 is 16.2. The molecular formula is C19H35Cl3O2. The van der Waals surface area contributed by atoms with Crippen molar-refractivity contribution < 1.29 is 9.53 Å². The van der Waals surface area contributed by atoms with E-state index in [2.05, 4.69) is 11.7 Å². The fraction of sp³-hybridized carbons (Fsp3) is 0.947. The van der Waals surface area contributed by atoms with Gasteiger partial charge in [-0.2, -0.15) is 0 Å². The summed E-state index contributed by atoms with van der Waals surface area (Å²) in [6.45, 7) is 2.26. The Balaban J connectivity index is 3.14. The van der Waals surface area contributed by atoms with E-state index in [-0.39, 0.29) is 0 Å². The number of hydrogen-bond donors (Lipinski definition) is 0. The molecule has 24 heavy (non-hydrogen) atoms. The minimum atomic E-state index is -1.92. The van der Waals surface area contributed by atoms with Gasteiger partial charge in [0.1, 0.15) is 0 Å². The zero-order chi connectivity index (χ0) is 18.1. The second kappa shape index (κ2) is 16.8. The number of alkyl halides is 3. The zero-order valence-corrected chi connectivity index (χ0v) is 17.5. The molecule has 0 saturated heterocycles.